The van der Waals surface area contributed by atoms with E-state index in [9.17, 15) is 9.59 Å². The summed E-state index contributed by atoms with van der Waals surface area (Å²) in [7, 11) is 0. The number of urea groups is 1. The maximum atomic E-state index is 12.6. The molecular formula is C23H18N4O2. The van der Waals surface area contributed by atoms with Gasteiger partial charge in [-0.15, -0.1) is 0 Å². The number of nitrogens with zero attached hydrogens (tertiary/aromatic N) is 1. The van der Waals surface area contributed by atoms with E-state index in [2.05, 4.69) is 20.9 Å². The summed E-state index contributed by atoms with van der Waals surface area (Å²) >= 11 is 0. The number of benzene rings is 3. The average Bonchev–Trinajstić information content (AvgIpc) is 2.75. The van der Waals surface area contributed by atoms with Gasteiger partial charge in [0.2, 0.25) is 0 Å². The van der Waals surface area contributed by atoms with Crippen LogP contribution in [0.1, 0.15) is 10.4 Å². The Morgan fingerprint density at radius 1 is 0.655 bits per heavy atom. The molecule has 6 nitrogen and oxygen atoms in total. The minimum Gasteiger partial charge on any atom is -0.320 e. The van der Waals surface area contributed by atoms with Crippen LogP contribution in [0.25, 0.3) is 10.9 Å². The van der Waals surface area contributed by atoms with Crippen LogP contribution in [-0.4, -0.2) is 16.9 Å². The summed E-state index contributed by atoms with van der Waals surface area (Å²) in [6.07, 6.45) is 1.69. The molecule has 0 aliphatic rings. The second kappa shape index (κ2) is 8.22. The van der Waals surface area contributed by atoms with Gasteiger partial charge in [0.15, 0.2) is 0 Å². The van der Waals surface area contributed by atoms with Gasteiger partial charge in [-0.3, -0.25) is 9.78 Å². The zero-order valence-corrected chi connectivity index (χ0v) is 15.4. The molecule has 0 fully saturated rings. The van der Waals surface area contributed by atoms with E-state index in [-0.39, 0.29) is 11.9 Å². The normalized spacial score (nSPS) is 10.3. The summed E-state index contributed by atoms with van der Waals surface area (Å²) in [5.74, 6) is -0.247. The highest BCUT2D eigenvalue weighted by Crippen LogP contribution is 2.21. The zero-order chi connectivity index (χ0) is 20.1. The van der Waals surface area contributed by atoms with Crippen molar-refractivity contribution in [1.29, 1.82) is 0 Å². The van der Waals surface area contributed by atoms with Crippen molar-refractivity contribution in [2.45, 2.75) is 0 Å². The maximum absolute atomic E-state index is 12.6. The summed E-state index contributed by atoms with van der Waals surface area (Å²) in [5, 5.41) is 9.33. The first kappa shape index (κ1) is 18.2. The van der Waals surface area contributed by atoms with Gasteiger partial charge in [0.25, 0.3) is 5.91 Å². The minimum absolute atomic E-state index is 0.247. The van der Waals surface area contributed by atoms with Crippen LogP contribution in [-0.2, 0) is 0 Å². The number of anilines is 3. The van der Waals surface area contributed by atoms with Gasteiger partial charge in [0.1, 0.15) is 0 Å². The second-order valence-electron chi connectivity index (χ2n) is 6.36. The SMILES string of the molecule is O=C(Nc1ccccc1)Nc1ccc(C(=O)Nc2cccc3cccnc23)cc1. The standard InChI is InChI=1S/C23H18N4O2/c28-22(27-20-10-4-6-16-7-5-15-24-21(16)20)17-11-13-19(14-12-17)26-23(29)25-18-8-2-1-3-9-18/h1-15H,(H,27,28)(H2,25,26,29). The Kier molecular flexibility index (Phi) is 5.16. The Balaban J connectivity index is 1.42. The number of hydrogen-bond donors (Lipinski definition) is 3. The Bertz CT molecular complexity index is 1150. The number of hydrogen-bond acceptors (Lipinski definition) is 3. The molecule has 142 valence electrons. The summed E-state index contributed by atoms with van der Waals surface area (Å²) in [6, 6.07) is 24.9. The molecule has 1 heterocycles. The Morgan fingerprint density at radius 3 is 2.10 bits per heavy atom. The lowest BCUT2D eigenvalue weighted by atomic mass is 10.1. The van der Waals surface area contributed by atoms with Crippen LogP contribution in [0.2, 0.25) is 0 Å². The molecule has 0 unspecified atom stereocenters. The van der Waals surface area contributed by atoms with Crippen molar-refractivity contribution in [1.82, 2.24) is 4.98 Å². The van der Waals surface area contributed by atoms with Gasteiger partial charge in [-0.1, -0.05) is 36.4 Å². The van der Waals surface area contributed by atoms with Gasteiger partial charge in [0, 0.05) is 28.5 Å². The van der Waals surface area contributed by atoms with E-state index < -0.39 is 0 Å². The molecule has 3 amide bonds. The number of carbonyl (C=O) groups is 2. The molecule has 1 aromatic heterocycles. The molecule has 3 N–H and O–H groups in total. The maximum Gasteiger partial charge on any atom is 0.323 e. The van der Waals surface area contributed by atoms with Gasteiger partial charge >= 0.3 is 6.03 Å². The number of amides is 3. The Labute approximate surface area is 167 Å². The average molecular weight is 382 g/mol. The van der Waals surface area contributed by atoms with E-state index in [1.165, 1.54) is 0 Å². The molecule has 0 aliphatic carbocycles. The summed E-state index contributed by atoms with van der Waals surface area (Å²) in [6.45, 7) is 0. The number of fused-ring (bicyclic) bond motifs is 1. The fourth-order valence-corrected chi connectivity index (χ4v) is 2.92. The van der Waals surface area contributed by atoms with Crippen LogP contribution < -0.4 is 16.0 Å². The number of rotatable bonds is 4. The quantitative estimate of drug-likeness (QED) is 0.457. The first-order chi connectivity index (χ1) is 14.2. The minimum atomic E-state index is -0.352. The topological polar surface area (TPSA) is 83.1 Å². The van der Waals surface area contributed by atoms with Crippen molar-refractivity contribution in [3.8, 4) is 0 Å². The lowest BCUT2D eigenvalue weighted by Crippen LogP contribution is -2.19. The van der Waals surface area contributed by atoms with Crippen molar-refractivity contribution < 1.29 is 9.59 Å². The van der Waals surface area contributed by atoms with Crippen LogP contribution >= 0.6 is 0 Å². The largest absolute Gasteiger partial charge is 0.323 e. The van der Waals surface area contributed by atoms with Gasteiger partial charge in [-0.05, 0) is 48.5 Å². The highest BCUT2D eigenvalue weighted by Gasteiger charge is 2.10. The monoisotopic (exact) mass is 382 g/mol. The molecule has 0 aliphatic heterocycles. The lowest BCUT2D eigenvalue weighted by Gasteiger charge is -2.10. The zero-order valence-electron chi connectivity index (χ0n) is 15.4. The third kappa shape index (κ3) is 4.39. The second-order valence-corrected chi connectivity index (χ2v) is 6.36. The summed E-state index contributed by atoms with van der Waals surface area (Å²) in [4.78, 5) is 29.0. The lowest BCUT2D eigenvalue weighted by molar-refractivity contribution is 0.102. The number of carbonyl (C=O) groups excluding carboxylic acids is 2. The number of pyridine rings is 1. The van der Waals surface area contributed by atoms with Crippen molar-refractivity contribution >= 4 is 39.9 Å². The third-order valence-electron chi connectivity index (χ3n) is 4.32. The van der Waals surface area contributed by atoms with Gasteiger partial charge in [0.05, 0.1) is 11.2 Å². The van der Waals surface area contributed by atoms with Crippen LogP contribution in [0.5, 0.6) is 0 Å². The number of aromatic nitrogens is 1. The number of nitrogens with one attached hydrogen (secondary N) is 3. The molecule has 0 saturated carbocycles. The van der Waals surface area contributed by atoms with Crippen LogP contribution in [0.15, 0.2) is 91.1 Å². The van der Waals surface area contributed by atoms with Crippen molar-refractivity contribution in [2.24, 2.45) is 0 Å². The van der Waals surface area contributed by atoms with Crippen molar-refractivity contribution in [3.63, 3.8) is 0 Å². The molecule has 0 bridgehead atoms. The summed E-state index contributed by atoms with van der Waals surface area (Å²) < 4.78 is 0. The van der Waals surface area contributed by atoms with Gasteiger partial charge < -0.3 is 16.0 Å². The smallest absolute Gasteiger partial charge is 0.320 e. The van der Waals surface area contributed by atoms with E-state index in [4.69, 9.17) is 0 Å². The predicted octanol–water partition coefficient (Wildman–Crippen LogP) is 5.13. The number of para-hydroxylation sites is 2. The van der Waals surface area contributed by atoms with Crippen molar-refractivity contribution in [2.75, 3.05) is 16.0 Å². The molecule has 4 aromatic rings. The van der Waals surface area contributed by atoms with E-state index in [1.807, 2.05) is 48.5 Å². The molecule has 3 aromatic carbocycles. The molecule has 4 rings (SSSR count). The molecule has 6 heteroatoms. The fourth-order valence-electron chi connectivity index (χ4n) is 2.92. The van der Waals surface area contributed by atoms with Gasteiger partial charge in [-0.25, -0.2) is 4.79 Å². The molecule has 29 heavy (non-hydrogen) atoms. The Hall–Kier alpha value is -4.19. The van der Waals surface area contributed by atoms with E-state index in [0.717, 1.165) is 10.9 Å². The van der Waals surface area contributed by atoms with E-state index in [0.29, 0.717) is 22.6 Å². The van der Waals surface area contributed by atoms with E-state index in [1.54, 1.807) is 42.6 Å². The molecule has 0 saturated heterocycles. The molecule has 0 spiro atoms. The predicted molar refractivity (Wildman–Crippen MR) is 115 cm³/mol. The first-order valence-electron chi connectivity index (χ1n) is 9.07. The van der Waals surface area contributed by atoms with Crippen LogP contribution in [0.3, 0.4) is 0 Å². The highest BCUT2D eigenvalue weighted by atomic mass is 16.2. The van der Waals surface area contributed by atoms with Crippen LogP contribution in [0, 0.1) is 0 Å². The Morgan fingerprint density at radius 2 is 1.34 bits per heavy atom. The van der Waals surface area contributed by atoms with Crippen molar-refractivity contribution in [3.05, 3.63) is 96.7 Å². The molecule has 0 radical (unpaired) electrons. The molecule has 0 atom stereocenters. The molecular weight excluding hydrogens is 364 g/mol. The highest BCUT2D eigenvalue weighted by molar-refractivity contribution is 6.08. The fraction of sp³-hybridized carbons (Fsp3) is 0. The first-order valence-corrected chi connectivity index (χ1v) is 9.07. The van der Waals surface area contributed by atoms with E-state index >= 15 is 0 Å². The summed E-state index contributed by atoms with van der Waals surface area (Å²) in [5.41, 5.74) is 3.15. The van der Waals surface area contributed by atoms with Crippen LogP contribution in [0.4, 0.5) is 21.9 Å². The third-order valence-corrected chi connectivity index (χ3v) is 4.32. The van der Waals surface area contributed by atoms with Gasteiger partial charge in [-0.2, -0.15) is 0 Å².